The Hall–Kier alpha value is -0.750. The Morgan fingerprint density at radius 3 is 2.88 bits per heavy atom. The first-order chi connectivity index (χ1) is 7.59. The van der Waals surface area contributed by atoms with E-state index in [4.69, 9.17) is 5.73 Å². The second kappa shape index (κ2) is 6.75. The van der Waals surface area contributed by atoms with Crippen LogP contribution in [0.2, 0.25) is 0 Å². The first-order valence-corrected chi connectivity index (χ1v) is 6.57. The zero-order valence-electron chi connectivity index (χ0n) is 9.22. The standard InChI is InChI=1S/C10H18N2O3S/c11-9(14)7-16-5-3-10(15)12-4-1-2-8(13)6-12/h8,13H,1-7H2,(H2,11,14). The van der Waals surface area contributed by atoms with Gasteiger partial charge in [0.2, 0.25) is 11.8 Å². The maximum Gasteiger partial charge on any atom is 0.227 e. The molecule has 0 radical (unpaired) electrons. The van der Waals surface area contributed by atoms with E-state index >= 15 is 0 Å². The van der Waals surface area contributed by atoms with Gasteiger partial charge in [0, 0.05) is 25.3 Å². The van der Waals surface area contributed by atoms with Crippen molar-refractivity contribution in [2.45, 2.75) is 25.4 Å². The fourth-order valence-electron chi connectivity index (χ4n) is 1.67. The number of aliphatic hydroxyl groups is 1. The molecular weight excluding hydrogens is 228 g/mol. The highest BCUT2D eigenvalue weighted by Gasteiger charge is 2.21. The second-order valence-corrected chi connectivity index (χ2v) is 5.01. The first-order valence-electron chi connectivity index (χ1n) is 5.41. The lowest BCUT2D eigenvalue weighted by Gasteiger charge is -2.30. The summed E-state index contributed by atoms with van der Waals surface area (Å²) in [5, 5.41) is 9.41. The zero-order chi connectivity index (χ0) is 12.0. The number of nitrogens with zero attached hydrogens (tertiary/aromatic N) is 1. The monoisotopic (exact) mass is 246 g/mol. The number of aliphatic hydroxyl groups excluding tert-OH is 1. The number of β-amino-alcohol motifs (C(OH)–C–C–N with tert-alkyl or cyclic N) is 1. The molecule has 5 nitrogen and oxygen atoms in total. The van der Waals surface area contributed by atoms with Gasteiger partial charge < -0.3 is 15.7 Å². The molecule has 1 aliphatic heterocycles. The zero-order valence-corrected chi connectivity index (χ0v) is 10.0. The topological polar surface area (TPSA) is 83.6 Å². The Labute approximate surface area is 99.4 Å². The Morgan fingerprint density at radius 2 is 2.25 bits per heavy atom. The van der Waals surface area contributed by atoms with Crippen molar-refractivity contribution in [3.63, 3.8) is 0 Å². The number of amides is 2. The van der Waals surface area contributed by atoms with Crippen LogP contribution in [0.4, 0.5) is 0 Å². The Bertz CT molecular complexity index is 260. The minimum atomic E-state index is -0.379. The van der Waals surface area contributed by atoms with Crippen molar-refractivity contribution in [3.8, 4) is 0 Å². The molecule has 16 heavy (non-hydrogen) atoms. The van der Waals surface area contributed by atoms with Gasteiger partial charge in [0.25, 0.3) is 0 Å². The summed E-state index contributed by atoms with van der Waals surface area (Å²) in [7, 11) is 0. The fraction of sp³-hybridized carbons (Fsp3) is 0.800. The summed E-state index contributed by atoms with van der Waals surface area (Å²) >= 11 is 1.37. The molecule has 1 heterocycles. The van der Waals surface area contributed by atoms with Crippen molar-refractivity contribution in [3.05, 3.63) is 0 Å². The van der Waals surface area contributed by atoms with Crippen LogP contribution in [0.15, 0.2) is 0 Å². The predicted molar refractivity (Wildman–Crippen MR) is 63.0 cm³/mol. The van der Waals surface area contributed by atoms with Crippen LogP contribution in [0.5, 0.6) is 0 Å². The summed E-state index contributed by atoms with van der Waals surface area (Å²) in [6.45, 7) is 1.18. The van der Waals surface area contributed by atoms with Gasteiger partial charge in [0.1, 0.15) is 0 Å². The lowest BCUT2D eigenvalue weighted by atomic mass is 10.1. The second-order valence-electron chi connectivity index (χ2n) is 3.90. The summed E-state index contributed by atoms with van der Waals surface area (Å²) in [6.07, 6.45) is 1.67. The van der Waals surface area contributed by atoms with E-state index in [1.54, 1.807) is 4.90 Å². The van der Waals surface area contributed by atoms with Crippen molar-refractivity contribution in [2.24, 2.45) is 5.73 Å². The van der Waals surface area contributed by atoms with E-state index in [1.807, 2.05) is 0 Å². The molecule has 2 amide bonds. The maximum atomic E-state index is 11.7. The molecule has 6 heteroatoms. The fourth-order valence-corrected chi connectivity index (χ4v) is 2.34. The van der Waals surface area contributed by atoms with Crippen LogP contribution in [0.25, 0.3) is 0 Å². The van der Waals surface area contributed by atoms with Gasteiger partial charge >= 0.3 is 0 Å². The molecule has 0 aromatic rings. The first kappa shape index (κ1) is 13.3. The minimum Gasteiger partial charge on any atom is -0.391 e. The Kier molecular flexibility index (Phi) is 5.62. The number of thioether (sulfide) groups is 1. The third kappa shape index (κ3) is 4.85. The van der Waals surface area contributed by atoms with E-state index in [0.29, 0.717) is 18.7 Å². The highest BCUT2D eigenvalue weighted by atomic mass is 32.2. The molecular formula is C10H18N2O3S. The SMILES string of the molecule is NC(=O)CSCCC(=O)N1CCCC(O)C1. The third-order valence-electron chi connectivity index (χ3n) is 2.45. The molecule has 0 aromatic heterocycles. The highest BCUT2D eigenvalue weighted by molar-refractivity contribution is 7.99. The molecule has 0 spiro atoms. The third-order valence-corrected chi connectivity index (χ3v) is 3.44. The molecule has 92 valence electrons. The minimum absolute atomic E-state index is 0.0516. The smallest absolute Gasteiger partial charge is 0.227 e. The highest BCUT2D eigenvalue weighted by Crippen LogP contribution is 2.12. The van der Waals surface area contributed by atoms with Gasteiger partial charge in [-0.2, -0.15) is 11.8 Å². The summed E-state index contributed by atoms with van der Waals surface area (Å²) in [5.74, 6) is 0.561. The normalized spacial score (nSPS) is 20.8. The predicted octanol–water partition coefficient (Wildman–Crippen LogP) is -0.422. The molecule has 3 N–H and O–H groups in total. The van der Waals surface area contributed by atoms with Crippen LogP contribution in [0.1, 0.15) is 19.3 Å². The van der Waals surface area contributed by atoms with Crippen LogP contribution in [0, 0.1) is 0 Å². The van der Waals surface area contributed by atoms with Crippen LogP contribution in [-0.4, -0.2) is 52.5 Å². The Morgan fingerprint density at radius 1 is 1.50 bits per heavy atom. The molecule has 1 aliphatic rings. The number of likely N-dealkylation sites (tertiary alicyclic amines) is 1. The van der Waals surface area contributed by atoms with Crippen molar-refractivity contribution in [2.75, 3.05) is 24.6 Å². The molecule has 1 rings (SSSR count). The lowest BCUT2D eigenvalue weighted by Crippen LogP contribution is -2.42. The van der Waals surface area contributed by atoms with Crippen LogP contribution in [-0.2, 0) is 9.59 Å². The van der Waals surface area contributed by atoms with Crippen molar-refractivity contribution in [1.29, 1.82) is 0 Å². The molecule has 0 aliphatic carbocycles. The maximum absolute atomic E-state index is 11.7. The van der Waals surface area contributed by atoms with Gasteiger partial charge in [0.05, 0.1) is 11.9 Å². The molecule has 1 unspecified atom stereocenters. The number of piperidine rings is 1. The van der Waals surface area contributed by atoms with E-state index in [9.17, 15) is 14.7 Å². The Balaban J connectivity index is 2.16. The van der Waals surface area contributed by atoms with Crippen LogP contribution >= 0.6 is 11.8 Å². The lowest BCUT2D eigenvalue weighted by molar-refractivity contribution is -0.133. The number of carbonyl (C=O) groups is 2. The van der Waals surface area contributed by atoms with Gasteiger partial charge in [0.15, 0.2) is 0 Å². The van der Waals surface area contributed by atoms with Gasteiger partial charge in [-0.25, -0.2) is 0 Å². The molecule has 1 fully saturated rings. The summed E-state index contributed by atoms with van der Waals surface area (Å²) in [6, 6.07) is 0. The van der Waals surface area contributed by atoms with Crippen LogP contribution < -0.4 is 5.73 Å². The summed E-state index contributed by atoms with van der Waals surface area (Å²) in [5.41, 5.74) is 4.98. The average Bonchev–Trinajstić information content (AvgIpc) is 2.24. The molecule has 0 bridgehead atoms. The largest absolute Gasteiger partial charge is 0.391 e. The number of primary amides is 1. The number of hydrogen-bond donors (Lipinski definition) is 2. The van der Waals surface area contributed by atoms with E-state index in [2.05, 4.69) is 0 Å². The van der Waals surface area contributed by atoms with Gasteiger partial charge in [-0.15, -0.1) is 0 Å². The van der Waals surface area contributed by atoms with E-state index in [-0.39, 0.29) is 23.7 Å². The molecule has 1 atom stereocenters. The molecule has 1 saturated heterocycles. The van der Waals surface area contributed by atoms with E-state index in [1.165, 1.54) is 11.8 Å². The average molecular weight is 246 g/mol. The van der Waals surface area contributed by atoms with Gasteiger partial charge in [-0.1, -0.05) is 0 Å². The van der Waals surface area contributed by atoms with Crippen molar-refractivity contribution < 1.29 is 14.7 Å². The van der Waals surface area contributed by atoms with E-state index in [0.717, 1.165) is 19.4 Å². The van der Waals surface area contributed by atoms with Crippen molar-refractivity contribution in [1.82, 2.24) is 4.90 Å². The van der Waals surface area contributed by atoms with Crippen molar-refractivity contribution >= 4 is 23.6 Å². The number of nitrogens with two attached hydrogens (primary N) is 1. The van der Waals surface area contributed by atoms with E-state index < -0.39 is 0 Å². The summed E-state index contributed by atoms with van der Waals surface area (Å²) < 4.78 is 0. The molecule has 0 aromatic carbocycles. The quantitative estimate of drug-likeness (QED) is 0.645. The number of hydrogen-bond acceptors (Lipinski definition) is 4. The number of rotatable bonds is 5. The molecule has 0 saturated carbocycles. The summed E-state index contributed by atoms with van der Waals surface area (Å²) in [4.78, 5) is 23.8. The number of carbonyl (C=O) groups excluding carboxylic acids is 2. The van der Waals surface area contributed by atoms with Gasteiger partial charge in [-0.05, 0) is 12.8 Å². The van der Waals surface area contributed by atoms with Gasteiger partial charge in [-0.3, -0.25) is 9.59 Å². The van der Waals surface area contributed by atoms with Crippen LogP contribution in [0.3, 0.4) is 0 Å².